The third-order valence-corrected chi connectivity index (χ3v) is 11.5. The van der Waals surface area contributed by atoms with Crippen LogP contribution in [0.3, 0.4) is 0 Å². The Bertz CT molecular complexity index is 1110. The van der Waals surface area contributed by atoms with Gasteiger partial charge in [0.15, 0.2) is 14.1 Å². The monoisotopic (exact) mass is 508 g/mol. The molecule has 36 heavy (non-hydrogen) atoms. The van der Waals surface area contributed by atoms with Crippen LogP contribution in [-0.4, -0.2) is 31.4 Å². The average molecular weight is 509 g/mol. The minimum absolute atomic E-state index is 0.0649. The first-order chi connectivity index (χ1) is 17.1. The summed E-state index contributed by atoms with van der Waals surface area (Å²) in [6.45, 7) is 11.2. The molecule has 0 saturated heterocycles. The van der Waals surface area contributed by atoms with Crippen LogP contribution in [0.2, 0.25) is 18.1 Å². The van der Waals surface area contributed by atoms with Gasteiger partial charge in [-0.2, -0.15) is 0 Å². The summed E-state index contributed by atoms with van der Waals surface area (Å²) < 4.78 is 17.9. The van der Waals surface area contributed by atoms with Crippen molar-refractivity contribution in [3.05, 3.63) is 71.9 Å². The lowest BCUT2D eigenvalue weighted by Gasteiger charge is -2.38. The molecular weight excluding hydrogens is 468 g/mol. The van der Waals surface area contributed by atoms with Crippen molar-refractivity contribution in [3.63, 3.8) is 0 Å². The van der Waals surface area contributed by atoms with Crippen molar-refractivity contribution in [3.8, 4) is 11.5 Å². The first-order valence-electron chi connectivity index (χ1n) is 12.8. The van der Waals surface area contributed by atoms with Crippen LogP contribution < -0.4 is 0 Å². The smallest absolute Gasteiger partial charge is 0.340 e. The van der Waals surface area contributed by atoms with Gasteiger partial charge in [-0.05, 0) is 55.1 Å². The second-order valence-electron chi connectivity index (χ2n) is 10.8. The third-order valence-electron chi connectivity index (χ3n) is 7.01. The maximum atomic E-state index is 12.2. The number of oxazole rings is 1. The van der Waals surface area contributed by atoms with Crippen LogP contribution >= 0.6 is 0 Å². The number of rotatable bonds is 12. The van der Waals surface area contributed by atoms with Crippen molar-refractivity contribution in [2.24, 2.45) is 0 Å². The molecule has 0 saturated carbocycles. The van der Waals surface area contributed by atoms with E-state index in [1.54, 1.807) is 24.5 Å². The SMILES string of the molecule is COC(=O)c1cccnc1-c1cnc(C(CCCCCCc2ccccc2)O[Si](C)(C)C(C)(C)C)o1. The van der Waals surface area contributed by atoms with E-state index in [1.165, 1.54) is 25.5 Å². The zero-order chi connectivity index (χ0) is 26.2. The lowest BCUT2D eigenvalue weighted by molar-refractivity contribution is 0.0601. The van der Waals surface area contributed by atoms with Crippen LogP contribution in [0, 0.1) is 0 Å². The zero-order valence-corrected chi connectivity index (χ0v) is 23.5. The number of unbranched alkanes of at least 4 members (excludes halogenated alkanes) is 3. The Morgan fingerprint density at radius 3 is 2.42 bits per heavy atom. The number of carbonyl (C=O) groups is 1. The normalized spacial score (nSPS) is 12.9. The van der Waals surface area contributed by atoms with E-state index in [0.717, 1.165) is 25.7 Å². The van der Waals surface area contributed by atoms with E-state index in [1.807, 2.05) is 0 Å². The molecule has 1 unspecified atom stereocenters. The van der Waals surface area contributed by atoms with Crippen molar-refractivity contribution in [2.45, 2.75) is 83.5 Å². The fourth-order valence-electron chi connectivity index (χ4n) is 3.84. The summed E-state index contributed by atoms with van der Waals surface area (Å²) in [6, 6.07) is 14.0. The molecule has 0 N–H and O–H groups in total. The number of ether oxygens (including phenoxy) is 1. The Hall–Kier alpha value is -2.77. The van der Waals surface area contributed by atoms with E-state index < -0.39 is 14.3 Å². The number of esters is 1. The minimum atomic E-state index is -2.06. The predicted molar refractivity (Wildman–Crippen MR) is 145 cm³/mol. The van der Waals surface area contributed by atoms with E-state index in [0.29, 0.717) is 22.9 Å². The molecule has 1 atom stereocenters. The van der Waals surface area contributed by atoms with Crippen LogP contribution in [0.15, 0.2) is 59.3 Å². The van der Waals surface area contributed by atoms with Crippen molar-refractivity contribution >= 4 is 14.3 Å². The van der Waals surface area contributed by atoms with Crippen molar-refractivity contribution < 1.29 is 18.4 Å². The van der Waals surface area contributed by atoms with Gasteiger partial charge in [0.05, 0.1) is 18.9 Å². The Morgan fingerprint density at radius 2 is 1.72 bits per heavy atom. The molecule has 6 nitrogen and oxygen atoms in total. The maximum absolute atomic E-state index is 12.2. The molecule has 2 heterocycles. The summed E-state index contributed by atoms with van der Waals surface area (Å²) in [5, 5.41) is 0.0649. The van der Waals surface area contributed by atoms with Gasteiger partial charge in [-0.25, -0.2) is 9.78 Å². The first-order valence-corrected chi connectivity index (χ1v) is 15.7. The Morgan fingerprint density at radius 1 is 1.00 bits per heavy atom. The predicted octanol–water partition coefficient (Wildman–Crippen LogP) is 7.78. The molecule has 0 radical (unpaired) electrons. The third kappa shape index (κ3) is 7.37. The fourth-order valence-corrected chi connectivity index (χ4v) is 5.13. The molecule has 0 bridgehead atoms. The van der Waals surface area contributed by atoms with Crippen molar-refractivity contribution in [2.75, 3.05) is 7.11 Å². The van der Waals surface area contributed by atoms with Gasteiger partial charge in [0, 0.05) is 6.20 Å². The quantitative estimate of drug-likeness (QED) is 0.141. The molecule has 7 heteroatoms. The van der Waals surface area contributed by atoms with Crippen LogP contribution in [0.25, 0.3) is 11.5 Å². The van der Waals surface area contributed by atoms with Crippen LogP contribution in [0.1, 0.15) is 80.8 Å². The van der Waals surface area contributed by atoms with Gasteiger partial charge < -0.3 is 13.6 Å². The molecule has 3 aromatic rings. The Balaban J connectivity index is 1.70. The lowest BCUT2D eigenvalue weighted by atomic mass is 10.0. The van der Waals surface area contributed by atoms with E-state index in [-0.39, 0.29) is 11.1 Å². The summed E-state index contributed by atoms with van der Waals surface area (Å²) >= 11 is 0. The Kier molecular flexibility index (Phi) is 9.62. The number of pyridine rings is 1. The molecule has 194 valence electrons. The van der Waals surface area contributed by atoms with Gasteiger partial charge in [-0.15, -0.1) is 0 Å². The second kappa shape index (κ2) is 12.5. The maximum Gasteiger partial charge on any atom is 0.340 e. The molecule has 1 aromatic carbocycles. The van der Waals surface area contributed by atoms with Gasteiger partial charge >= 0.3 is 5.97 Å². The molecule has 2 aromatic heterocycles. The number of carbonyl (C=O) groups excluding carboxylic acids is 1. The van der Waals surface area contributed by atoms with Crippen molar-refractivity contribution in [1.29, 1.82) is 0 Å². The van der Waals surface area contributed by atoms with E-state index in [2.05, 4.69) is 74.2 Å². The zero-order valence-electron chi connectivity index (χ0n) is 22.5. The van der Waals surface area contributed by atoms with Crippen molar-refractivity contribution in [1.82, 2.24) is 9.97 Å². The summed E-state index contributed by atoms with van der Waals surface area (Å²) in [5.41, 5.74) is 2.17. The minimum Gasteiger partial charge on any atom is -0.465 e. The molecule has 0 amide bonds. The number of aryl methyl sites for hydroxylation is 1. The molecule has 0 fully saturated rings. The van der Waals surface area contributed by atoms with E-state index >= 15 is 0 Å². The van der Waals surface area contributed by atoms with Gasteiger partial charge in [-0.3, -0.25) is 4.98 Å². The molecule has 3 rings (SSSR count). The first kappa shape index (κ1) is 27.8. The molecular formula is C29H40N2O4Si. The lowest BCUT2D eigenvalue weighted by Crippen LogP contribution is -2.41. The highest BCUT2D eigenvalue weighted by Crippen LogP contribution is 2.41. The average Bonchev–Trinajstić information content (AvgIpc) is 3.35. The van der Waals surface area contributed by atoms with Crippen LogP contribution in [0.5, 0.6) is 0 Å². The number of benzene rings is 1. The summed E-state index contributed by atoms with van der Waals surface area (Å²) in [7, 11) is -0.710. The van der Waals surface area contributed by atoms with Gasteiger partial charge in [0.1, 0.15) is 11.8 Å². The molecule has 0 aliphatic heterocycles. The summed E-state index contributed by atoms with van der Waals surface area (Å²) in [5.74, 6) is 0.527. The number of nitrogens with zero attached hydrogens (tertiary/aromatic N) is 2. The Labute approximate surface area is 216 Å². The molecule has 0 aliphatic carbocycles. The number of aromatic nitrogens is 2. The largest absolute Gasteiger partial charge is 0.465 e. The van der Waals surface area contributed by atoms with E-state index in [4.69, 9.17) is 13.6 Å². The number of hydrogen-bond donors (Lipinski definition) is 0. The van der Waals surface area contributed by atoms with Crippen LogP contribution in [-0.2, 0) is 15.6 Å². The van der Waals surface area contributed by atoms with Crippen LogP contribution in [0.4, 0.5) is 0 Å². The highest BCUT2D eigenvalue weighted by atomic mass is 28.4. The van der Waals surface area contributed by atoms with Gasteiger partial charge in [-0.1, -0.05) is 70.4 Å². The van der Waals surface area contributed by atoms with Gasteiger partial charge in [0.2, 0.25) is 5.89 Å². The fraction of sp³-hybridized carbons (Fsp3) is 0.483. The topological polar surface area (TPSA) is 74.5 Å². The molecule has 0 aliphatic rings. The van der Waals surface area contributed by atoms with Gasteiger partial charge in [0.25, 0.3) is 0 Å². The number of hydrogen-bond acceptors (Lipinski definition) is 6. The second-order valence-corrected chi connectivity index (χ2v) is 15.5. The highest BCUT2D eigenvalue weighted by Gasteiger charge is 2.40. The standard InChI is InChI=1S/C29H40N2O4Si/c1-29(2,3)36(5,6)35-24(19-13-8-7-10-15-22-16-11-9-12-17-22)27-31-21-25(34-27)26-23(28(32)33-4)18-14-20-30-26/h9,11-12,14,16-18,20-21,24H,7-8,10,13,15,19H2,1-6H3. The number of methoxy groups -OCH3 is 1. The summed E-state index contributed by atoms with van der Waals surface area (Å²) in [4.78, 5) is 21.2. The summed E-state index contributed by atoms with van der Waals surface area (Å²) in [6.07, 6.45) is 9.48. The van der Waals surface area contributed by atoms with E-state index in [9.17, 15) is 4.79 Å². The highest BCUT2D eigenvalue weighted by molar-refractivity contribution is 6.74. The molecule has 0 spiro atoms.